The van der Waals surface area contributed by atoms with E-state index in [-0.39, 0.29) is 18.9 Å². The molecule has 2 fully saturated rings. The van der Waals surface area contributed by atoms with Crippen molar-refractivity contribution < 1.29 is 19.2 Å². The maximum Gasteiger partial charge on any atom is 0.305 e. The molecular formula is C30H30N4O4S. The molecule has 2 N–H and O–H groups in total. The van der Waals surface area contributed by atoms with Gasteiger partial charge in [0, 0.05) is 41.7 Å². The van der Waals surface area contributed by atoms with Crippen molar-refractivity contribution in [3.8, 4) is 22.7 Å². The predicted molar refractivity (Wildman–Crippen MR) is 149 cm³/mol. The number of carbonyl (C=O) groups is 2. The Morgan fingerprint density at radius 1 is 1.05 bits per heavy atom. The van der Waals surface area contributed by atoms with Gasteiger partial charge in [-0.3, -0.25) is 9.59 Å². The molecule has 0 radical (unpaired) electrons. The number of nitrogens with zero attached hydrogens (tertiary/aromatic N) is 3. The van der Waals surface area contributed by atoms with Crippen molar-refractivity contribution in [2.24, 2.45) is 11.8 Å². The van der Waals surface area contributed by atoms with Crippen LogP contribution in [0.25, 0.3) is 22.7 Å². The number of hydrogen-bond acceptors (Lipinski definition) is 7. The molecule has 0 aliphatic heterocycles. The van der Waals surface area contributed by atoms with Crippen molar-refractivity contribution >= 4 is 28.3 Å². The van der Waals surface area contributed by atoms with Gasteiger partial charge in [-0.25, -0.2) is 4.98 Å². The lowest BCUT2D eigenvalue weighted by atomic mass is 9.94. The third-order valence-electron chi connectivity index (χ3n) is 7.86. The summed E-state index contributed by atoms with van der Waals surface area (Å²) in [4.78, 5) is 30.5. The van der Waals surface area contributed by atoms with Crippen molar-refractivity contribution in [3.05, 3.63) is 77.2 Å². The van der Waals surface area contributed by atoms with Gasteiger partial charge < -0.3 is 19.8 Å². The molecular weight excluding hydrogens is 512 g/mol. The topological polar surface area (TPSA) is 109 Å². The highest BCUT2D eigenvalue weighted by atomic mass is 32.1. The van der Waals surface area contributed by atoms with Crippen LogP contribution in [0.5, 0.6) is 0 Å². The summed E-state index contributed by atoms with van der Waals surface area (Å²) in [5, 5.41) is 18.7. The van der Waals surface area contributed by atoms with Crippen molar-refractivity contribution in [1.82, 2.24) is 15.5 Å². The zero-order valence-electron chi connectivity index (χ0n) is 21.5. The van der Waals surface area contributed by atoms with Gasteiger partial charge in [-0.05, 0) is 48.8 Å². The van der Waals surface area contributed by atoms with Crippen LogP contribution in [0.3, 0.4) is 0 Å². The van der Waals surface area contributed by atoms with Crippen LogP contribution in [0.2, 0.25) is 0 Å². The maximum atomic E-state index is 12.4. The lowest BCUT2D eigenvalue weighted by Gasteiger charge is -2.34. The zero-order valence-corrected chi connectivity index (χ0v) is 22.3. The first-order valence-corrected chi connectivity index (χ1v) is 14.2. The van der Waals surface area contributed by atoms with E-state index in [1.807, 2.05) is 53.9 Å². The van der Waals surface area contributed by atoms with E-state index in [2.05, 4.69) is 15.4 Å². The fourth-order valence-electron chi connectivity index (χ4n) is 5.91. The number of hydrogen-bond donors (Lipinski definition) is 2. The number of aromatic nitrogens is 2. The van der Waals surface area contributed by atoms with E-state index in [0.29, 0.717) is 29.8 Å². The van der Waals surface area contributed by atoms with E-state index in [1.165, 1.54) is 25.7 Å². The Balaban J connectivity index is 1.20. The number of nitrogens with one attached hydrogen (secondary N) is 1. The van der Waals surface area contributed by atoms with Crippen molar-refractivity contribution in [1.29, 1.82) is 0 Å². The molecule has 8 nitrogen and oxygen atoms in total. The lowest BCUT2D eigenvalue weighted by Crippen LogP contribution is -2.38. The Hall–Kier alpha value is -3.98. The van der Waals surface area contributed by atoms with Crippen molar-refractivity contribution in [3.63, 3.8) is 0 Å². The molecule has 3 unspecified atom stereocenters. The zero-order chi connectivity index (χ0) is 26.8. The summed E-state index contributed by atoms with van der Waals surface area (Å²) < 4.78 is 5.67. The molecule has 2 aliphatic carbocycles. The Bertz CT molecular complexity index is 1450. The first kappa shape index (κ1) is 25.3. The van der Waals surface area contributed by atoms with Crippen molar-refractivity contribution in [2.45, 2.75) is 44.7 Å². The number of benzene rings is 2. The minimum absolute atomic E-state index is 0.0975. The number of aliphatic carboxylic acids is 1. The van der Waals surface area contributed by atoms with Crippen LogP contribution in [-0.2, 0) is 11.3 Å². The summed E-state index contributed by atoms with van der Waals surface area (Å²) in [6.07, 6.45) is 4.97. The van der Waals surface area contributed by atoms with Gasteiger partial charge in [-0.15, -0.1) is 11.3 Å². The number of carboxylic acid groups (broad SMARTS) is 1. The van der Waals surface area contributed by atoms with Crippen LogP contribution in [0.4, 0.5) is 5.13 Å². The Morgan fingerprint density at radius 3 is 2.59 bits per heavy atom. The number of carbonyl (C=O) groups excluding carboxylic acids is 1. The Kier molecular flexibility index (Phi) is 7.15. The van der Waals surface area contributed by atoms with Gasteiger partial charge in [0.2, 0.25) is 0 Å². The number of fused-ring (bicyclic) bond motifs is 2. The quantitative estimate of drug-likeness (QED) is 0.258. The summed E-state index contributed by atoms with van der Waals surface area (Å²) in [7, 11) is 0. The summed E-state index contributed by atoms with van der Waals surface area (Å²) in [5.41, 5.74) is 4.20. The molecule has 9 heteroatoms. The first-order chi connectivity index (χ1) is 19.0. The molecule has 2 aromatic carbocycles. The molecule has 2 aromatic heterocycles. The molecule has 2 bridgehead atoms. The van der Waals surface area contributed by atoms with E-state index in [1.54, 1.807) is 23.5 Å². The molecule has 4 aromatic rings. The second-order valence-electron chi connectivity index (χ2n) is 10.4. The van der Waals surface area contributed by atoms with Crippen LogP contribution in [0, 0.1) is 11.8 Å². The lowest BCUT2D eigenvalue weighted by molar-refractivity contribution is -0.136. The fraction of sp³-hybridized carbons (Fsp3) is 0.333. The number of anilines is 1. The van der Waals surface area contributed by atoms with Crippen LogP contribution >= 0.6 is 11.3 Å². The van der Waals surface area contributed by atoms with Crippen LogP contribution < -0.4 is 10.2 Å². The van der Waals surface area contributed by atoms with Gasteiger partial charge >= 0.3 is 5.97 Å². The molecule has 2 aliphatic rings. The summed E-state index contributed by atoms with van der Waals surface area (Å²) in [6.45, 7) is 0.811. The number of thiazole rings is 1. The van der Waals surface area contributed by atoms with E-state index >= 15 is 0 Å². The Morgan fingerprint density at radius 2 is 1.87 bits per heavy atom. The highest BCUT2D eigenvalue weighted by Gasteiger charge is 2.43. The van der Waals surface area contributed by atoms with Crippen molar-refractivity contribution in [2.75, 3.05) is 11.4 Å². The number of rotatable bonds is 10. The van der Waals surface area contributed by atoms with Gasteiger partial charge in [0.25, 0.3) is 5.91 Å². The van der Waals surface area contributed by atoms with Gasteiger partial charge in [0.05, 0.1) is 6.42 Å². The fourth-order valence-corrected chi connectivity index (χ4v) is 6.79. The number of amides is 1. The second-order valence-corrected chi connectivity index (χ2v) is 11.3. The van der Waals surface area contributed by atoms with Gasteiger partial charge in [-0.1, -0.05) is 54.0 Å². The summed E-state index contributed by atoms with van der Waals surface area (Å²) >= 11 is 1.63. The standard InChI is InChI=1S/C30H30N4O4S/c35-28(36)12-13-31-29(37)22-9-6-19(7-10-22)17-34(26-15-20-8-11-23(26)14-20)30-32-25(18-39-30)27-16-24(33-38-27)21-4-2-1-3-5-21/h1-7,9-10,16,18,20,23,26H,8,11-15,17H2,(H,31,37)(H,35,36). The molecule has 3 atom stereocenters. The summed E-state index contributed by atoms with van der Waals surface area (Å²) in [6, 6.07) is 19.9. The molecule has 0 saturated heterocycles. The average molecular weight is 543 g/mol. The van der Waals surface area contributed by atoms with E-state index in [9.17, 15) is 9.59 Å². The largest absolute Gasteiger partial charge is 0.481 e. The number of carboxylic acids is 1. The monoisotopic (exact) mass is 542 g/mol. The van der Waals surface area contributed by atoms with E-state index in [0.717, 1.165) is 33.6 Å². The minimum atomic E-state index is -0.934. The third kappa shape index (κ3) is 5.59. The summed E-state index contributed by atoms with van der Waals surface area (Å²) in [5.74, 6) is 0.927. The minimum Gasteiger partial charge on any atom is -0.481 e. The average Bonchev–Trinajstić information content (AvgIpc) is 3.77. The maximum absolute atomic E-state index is 12.4. The molecule has 6 rings (SSSR count). The molecule has 39 heavy (non-hydrogen) atoms. The molecule has 200 valence electrons. The first-order valence-electron chi connectivity index (χ1n) is 13.4. The predicted octanol–water partition coefficient (Wildman–Crippen LogP) is 5.86. The smallest absolute Gasteiger partial charge is 0.305 e. The van der Waals surface area contributed by atoms with E-state index < -0.39 is 5.97 Å². The molecule has 2 saturated carbocycles. The normalized spacial score (nSPS) is 19.7. The highest BCUT2D eigenvalue weighted by molar-refractivity contribution is 7.14. The molecule has 0 spiro atoms. The van der Waals surface area contributed by atoms with Gasteiger partial charge in [0.1, 0.15) is 11.4 Å². The van der Waals surface area contributed by atoms with Crippen LogP contribution in [-0.4, -0.2) is 39.7 Å². The second kappa shape index (κ2) is 11.0. The van der Waals surface area contributed by atoms with Gasteiger partial charge in [0.15, 0.2) is 10.9 Å². The SMILES string of the molecule is O=C(O)CCNC(=O)c1ccc(CN(c2nc(-c3cc(-c4ccccc4)no3)cs2)C2CC3CCC2C3)cc1. The van der Waals surface area contributed by atoms with Crippen LogP contribution in [0.1, 0.15) is 48.0 Å². The third-order valence-corrected chi connectivity index (χ3v) is 8.74. The molecule has 2 heterocycles. The highest BCUT2D eigenvalue weighted by Crippen LogP contribution is 2.48. The van der Waals surface area contributed by atoms with Gasteiger partial charge in [-0.2, -0.15) is 0 Å². The van der Waals surface area contributed by atoms with E-state index in [4.69, 9.17) is 14.6 Å². The van der Waals surface area contributed by atoms with Crippen LogP contribution in [0.15, 0.2) is 70.6 Å². The Labute approximate surface area is 230 Å². The molecule has 1 amide bonds.